The second-order valence-corrected chi connectivity index (χ2v) is 10.5. The highest BCUT2D eigenvalue weighted by molar-refractivity contribution is 7.89. The largest absolute Gasteiger partial charge is 0.468 e. The molecular formula is C24H29N3O6S. The minimum Gasteiger partial charge on any atom is -0.468 e. The molecule has 0 aromatic heterocycles. The minimum atomic E-state index is -3.62. The summed E-state index contributed by atoms with van der Waals surface area (Å²) in [6.45, 7) is 4.84. The molecule has 0 bridgehead atoms. The zero-order valence-corrected chi connectivity index (χ0v) is 20.2. The van der Waals surface area contributed by atoms with Crippen molar-refractivity contribution >= 4 is 33.5 Å². The van der Waals surface area contributed by atoms with Gasteiger partial charge in [0, 0.05) is 29.9 Å². The van der Waals surface area contributed by atoms with Crippen LogP contribution in [0.25, 0.3) is 0 Å². The molecule has 2 atom stereocenters. The lowest BCUT2D eigenvalue weighted by Gasteiger charge is -2.34. The summed E-state index contributed by atoms with van der Waals surface area (Å²) < 4.78 is 32.0. The van der Waals surface area contributed by atoms with Crippen LogP contribution in [0.1, 0.15) is 41.0 Å². The monoisotopic (exact) mass is 487 g/mol. The number of carbonyl (C=O) groups excluding carboxylic acids is 3. The second-order valence-electron chi connectivity index (χ2n) is 8.58. The summed E-state index contributed by atoms with van der Waals surface area (Å²) in [5.74, 6) is -0.816. The number of carbonyl (C=O) groups is 3. The van der Waals surface area contributed by atoms with Crippen LogP contribution in [0.15, 0.2) is 53.4 Å². The maximum atomic E-state index is 13.0. The van der Waals surface area contributed by atoms with Gasteiger partial charge in [-0.05, 0) is 66.8 Å². The molecule has 0 saturated carbocycles. The number of methoxy groups -OCH3 is 1. The summed E-state index contributed by atoms with van der Waals surface area (Å²) in [5, 5.41) is 5.14. The predicted octanol–water partition coefficient (Wildman–Crippen LogP) is 2.51. The predicted molar refractivity (Wildman–Crippen MR) is 127 cm³/mol. The minimum absolute atomic E-state index is 0.160. The molecule has 2 aromatic rings. The Morgan fingerprint density at radius 3 is 2.00 bits per heavy atom. The van der Waals surface area contributed by atoms with E-state index in [1.165, 1.54) is 47.8 Å². The first kappa shape index (κ1) is 25.4. The zero-order chi connectivity index (χ0) is 24.9. The van der Waals surface area contributed by atoms with E-state index in [4.69, 9.17) is 0 Å². The van der Waals surface area contributed by atoms with E-state index in [0.29, 0.717) is 41.7 Å². The molecule has 3 rings (SSSR count). The van der Waals surface area contributed by atoms with Crippen molar-refractivity contribution in [2.24, 2.45) is 11.8 Å². The van der Waals surface area contributed by atoms with E-state index in [2.05, 4.69) is 15.4 Å². The second kappa shape index (κ2) is 10.8. The van der Waals surface area contributed by atoms with E-state index in [1.54, 1.807) is 12.1 Å². The van der Waals surface area contributed by atoms with Crippen LogP contribution in [0.4, 0.5) is 5.69 Å². The van der Waals surface area contributed by atoms with E-state index >= 15 is 0 Å². The highest BCUT2D eigenvalue weighted by Gasteiger charge is 2.31. The molecule has 0 radical (unpaired) electrons. The molecule has 2 unspecified atom stereocenters. The number of benzene rings is 2. The number of hydrogen-bond donors (Lipinski definition) is 2. The summed E-state index contributed by atoms with van der Waals surface area (Å²) in [5.41, 5.74) is 1.08. The summed E-state index contributed by atoms with van der Waals surface area (Å²) >= 11 is 0. The van der Waals surface area contributed by atoms with Gasteiger partial charge in [0.05, 0.1) is 12.0 Å². The summed E-state index contributed by atoms with van der Waals surface area (Å²) in [7, 11) is -2.39. The maximum absolute atomic E-state index is 13.0. The highest BCUT2D eigenvalue weighted by atomic mass is 32.2. The van der Waals surface area contributed by atoms with Crippen LogP contribution in [0.2, 0.25) is 0 Å². The number of nitrogens with zero attached hydrogens (tertiary/aromatic N) is 1. The molecule has 0 spiro atoms. The summed E-state index contributed by atoms with van der Waals surface area (Å²) in [6, 6.07) is 12.0. The van der Waals surface area contributed by atoms with Crippen LogP contribution < -0.4 is 10.6 Å². The molecule has 9 nitrogen and oxygen atoms in total. The Hall–Kier alpha value is -3.24. The van der Waals surface area contributed by atoms with E-state index in [1.807, 2.05) is 13.8 Å². The fourth-order valence-electron chi connectivity index (χ4n) is 3.96. The first-order valence-electron chi connectivity index (χ1n) is 11.0. The molecule has 182 valence electrons. The number of ether oxygens (including phenoxy) is 1. The number of rotatable bonds is 7. The van der Waals surface area contributed by atoms with Gasteiger partial charge in [-0.25, -0.2) is 8.42 Å². The summed E-state index contributed by atoms with van der Waals surface area (Å²) in [4.78, 5) is 35.9. The van der Waals surface area contributed by atoms with Gasteiger partial charge in [-0.1, -0.05) is 13.8 Å². The van der Waals surface area contributed by atoms with Crippen molar-refractivity contribution in [2.45, 2.75) is 25.2 Å². The third-order valence-electron chi connectivity index (χ3n) is 5.62. The molecule has 2 amide bonds. The van der Waals surface area contributed by atoms with Crippen LogP contribution in [0.3, 0.4) is 0 Å². The van der Waals surface area contributed by atoms with Crippen LogP contribution in [-0.4, -0.2) is 57.3 Å². The zero-order valence-electron chi connectivity index (χ0n) is 19.4. The molecule has 1 aliphatic heterocycles. The Labute approximate surface area is 199 Å². The van der Waals surface area contributed by atoms with Crippen LogP contribution in [0.5, 0.6) is 0 Å². The fraction of sp³-hybridized carbons (Fsp3) is 0.375. The topological polar surface area (TPSA) is 122 Å². The number of sulfonamides is 1. The Kier molecular flexibility index (Phi) is 8.06. The molecule has 1 saturated heterocycles. The first-order chi connectivity index (χ1) is 16.1. The van der Waals surface area contributed by atoms with Crippen molar-refractivity contribution in [3.63, 3.8) is 0 Å². The molecular weight excluding hydrogens is 458 g/mol. The maximum Gasteiger partial charge on any atom is 0.325 e. The molecule has 0 aliphatic carbocycles. The third kappa shape index (κ3) is 6.21. The van der Waals surface area contributed by atoms with E-state index in [0.717, 1.165) is 6.42 Å². The SMILES string of the molecule is COC(=O)CNC(=O)c1ccc(NC(=O)c2ccc(S(=O)(=O)N3CC(C)CC(C)C3)cc2)cc1. The third-order valence-corrected chi connectivity index (χ3v) is 7.46. The Morgan fingerprint density at radius 1 is 0.912 bits per heavy atom. The van der Waals surface area contributed by atoms with Crippen molar-refractivity contribution in [3.05, 3.63) is 59.7 Å². The van der Waals surface area contributed by atoms with Crippen LogP contribution in [0, 0.1) is 11.8 Å². The standard InChI is InChI=1S/C24H29N3O6S/c1-16-12-17(2)15-27(14-16)34(31,32)21-10-6-19(7-11-21)24(30)26-20-8-4-18(5-9-20)23(29)25-13-22(28)33-3/h4-11,16-17H,12-15H2,1-3H3,(H,25,29)(H,26,30). The van der Waals surface area contributed by atoms with Gasteiger partial charge in [0.15, 0.2) is 0 Å². The van der Waals surface area contributed by atoms with Crippen molar-refractivity contribution in [1.29, 1.82) is 0 Å². The van der Waals surface area contributed by atoms with Gasteiger partial charge < -0.3 is 15.4 Å². The smallest absolute Gasteiger partial charge is 0.325 e. The van der Waals surface area contributed by atoms with Crippen molar-refractivity contribution in [1.82, 2.24) is 9.62 Å². The number of esters is 1. The molecule has 34 heavy (non-hydrogen) atoms. The number of piperidine rings is 1. The highest BCUT2D eigenvalue weighted by Crippen LogP contribution is 2.27. The van der Waals surface area contributed by atoms with E-state index in [9.17, 15) is 22.8 Å². The molecule has 1 fully saturated rings. The quantitative estimate of drug-likeness (QED) is 0.579. The van der Waals surface area contributed by atoms with Crippen LogP contribution in [-0.2, 0) is 19.6 Å². The van der Waals surface area contributed by atoms with Crippen molar-refractivity contribution < 1.29 is 27.5 Å². The Bertz CT molecular complexity index is 1140. The molecule has 10 heteroatoms. The number of hydrogen-bond acceptors (Lipinski definition) is 6. The fourth-order valence-corrected chi connectivity index (χ4v) is 5.64. The van der Waals surface area contributed by atoms with Gasteiger partial charge in [-0.2, -0.15) is 4.31 Å². The molecule has 2 N–H and O–H groups in total. The average molecular weight is 488 g/mol. The average Bonchev–Trinajstić information content (AvgIpc) is 2.82. The number of nitrogens with one attached hydrogen (secondary N) is 2. The molecule has 2 aromatic carbocycles. The normalized spacial score (nSPS) is 18.7. The van der Waals surface area contributed by atoms with Crippen LogP contribution >= 0.6 is 0 Å². The lowest BCUT2D eigenvalue weighted by molar-refractivity contribution is -0.139. The van der Waals surface area contributed by atoms with Gasteiger partial charge in [0.2, 0.25) is 10.0 Å². The number of anilines is 1. The van der Waals surface area contributed by atoms with Crippen molar-refractivity contribution in [3.8, 4) is 0 Å². The van der Waals surface area contributed by atoms with Gasteiger partial charge in [0.25, 0.3) is 11.8 Å². The van der Waals surface area contributed by atoms with E-state index < -0.39 is 27.8 Å². The number of amides is 2. The van der Waals surface area contributed by atoms with E-state index in [-0.39, 0.29) is 11.4 Å². The van der Waals surface area contributed by atoms with Gasteiger partial charge >= 0.3 is 5.97 Å². The molecule has 1 heterocycles. The summed E-state index contributed by atoms with van der Waals surface area (Å²) in [6.07, 6.45) is 1.00. The Balaban J connectivity index is 1.62. The Morgan fingerprint density at radius 2 is 1.44 bits per heavy atom. The molecule has 1 aliphatic rings. The van der Waals surface area contributed by atoms with Crippen molar-refractivity contribution in [2.75, 3.05) is 32.1 Å². The van der Waals surface area contributed by atoms with Gasteiger partial charge in [-0.3, -0.25) is 14.4 Å². The lowest BCUT2D eigenvalue weighted by atomic mass is 9.94. The van der Waals surface area contributed by atoms with Gasteiger partial charge in [0.1, 0.15) is 6.54 Å². The first-order valence-corrected chi connectivity index (χ1v) is 12.4. The van der Waals surface area contributed by atoms with Gasteiger partial charge in [-0.15, -0.1) is 0 Å². The lowest BCUT2D eigenvalue weighted by Crippen LogP contribution is -2.42.